The Morgan fingerprint density at radius 2 is 1.67 bits per heavy atom. The SMILES string of the molecule is COc1cccc(CNC(=O)c2ccc(-c3nnc(-c4cccc(C)c4)o3)cc2)c1. The van der Waals surface area contributed by atoms with Gasteiger partial charge < -0.3 is 14.5 Å². The molecule has 0 radical (unpaired) electrons. The molecule has 6 heteroatoms. The molecule has 30 heavy (non-hydrogen) atoms. The number of aryl methyl sites for hydroxylation is 1. The van der Waals surface area contributed by atoms with Crippen molar-refractivity contribution >= 4 is 5.91 Å². The Morgan fingerprint density at radius 1 is 0.933 bits per heavy atom. The molecule has 4 aromatic rings. The van der Waals surface area contributed by atoms with E-state index in [1.54, 1.807) is 31.4 Å². The van der Waals surface area contributed by atoms with Crippen LogP contribution >= 0.6 is 0 Å². The molecule has 1 aromatic heterocycles. The molecular weight excluding hydrogens is 378 g/mol. The lowest BCUT2D eigenvalue weighted by atomic mass is 10.1. The van der Waals surface area contributed by atoms with Crippen molar-refractivity contribution in [3.63, 3.8) is 0 Å². The van der Waals surface area contributed by atoms with E-state index in [1.165, 1.54) is 0 Å². The predicted octanol–water partition coefficient (Wildman–Crippen LogP) is 4.65. The molecule has 1 heterocycles. The van der Waals surface area contributed by atoms with E-state index >= 15 is 0 Å². The summed E-state index contributed by atoms with van der Waals surface area (Å²) in [6.07, 6.45) is 0. The molecule has 0 aliphatic rings. The number of hydrogen-bond acceptors (Lipinski definition) is 5. The molecule has 0 atom stereocenters. The summed E-state index contributed by atoms with van der Waals surface area (Å²) in [6.45, 7) is 2.43. The highest BCUT2D eigenvalue weighted by Gasteiger charge is 2.12. The van der Waals surface area contributed by atoms with E-state index in [0.717, 1.165) is 28.0 Å². The average Bonchev–Trinajstić information content (AvgIpc) is 3.28. The van der Waals surface area contributed by atoms with Crippen molar-refractivity contribution in [3.05, 3.63) is 89.5 Å². The first-order valence-corrected chi connectivity index (χ1v) is 9.54. The fraction of sp³-hybridized carbons (Fsp3) is 0.125. The first kappa shape index (κ1) is 19.4. The van der Waals surface area contributed by atoms with E-state index in [4.69, 9.17) is 9.15 Å². The first-order chi connectivity index (χ1) is 14.6. The molecule has 150 valence electrons. The van der Waals surface area contributed by atoms with Crippen molar-refractivity contribution in [2.45, 2.75) is 13.5 Å². The molecule has 0 unspecified atom stereocenters. The van der Waals surface area contributed by atoms with Crippen LogP contribution in [0, 0.1) is 6.92 Å². The van der Waals surface area contributed by atoms with Crippen LogP contribution in [0.3, 0.4) is 0 Å². The summed E-state index contributed by atoms with van der Waals surface area (Å²) in [4.78, 5) is 12.4. The lowest BCUT2D eigenvalue weighted by molar-refractivity contribution is 0.0951. The van der Waals surface area contributed by atoms with E-state index in [0.29, 0.717) is 23.9 Å². The summed E-state index contributed by atoms with van der Waals surface area (Å²) in [5.41, 5.74) is 4.28. The number of carbonyl (C=O) groups excluding carboxylic acids is 1. The molecular formula is C24H21N3O3. The normalized spacial score (nSPS) is 10.6. The summed E-state index contributed by atoms with van der Waals surface area (Å²) in [5.74, 6) is 1.48. The van der Waals surface area contributed by atoms with Gasteiger partial charge in [-0.3, -0.25) is 4.79 Å². The van der Waals surface area contributed by atoms with Crippen molar-refractivity contribution in [3.8, 4) is 28.7 Å². The molecule has 0 bridgehead atoms. The molecule has 3 aromatic carbocycles. The van der Waals surface area contributed by atoms with Crippen LogP contribution in [0.2, 0.25) is 0 Å². The van der Waals surface area contributed by atoms with Crippen molar-refractivity contribution in [1.29, 1.82) is 0 Å². The Labute approximate surface area is 174 Å². The molecule has 0 aliphatic heterocycles. The Bertz CT molecular complexity index is 1170. The third kappa shape index (κ3) is 4.38. The quantitative estimate of drug-likeness (QED) is 0.511. The van der Waals surface area contributed by atoms with Gasteiger partial charge >= 0.3 is 0 Å². The smallest absolute Gasteiger partial charge is 0.251 e. The second-order valence-corrected chi connectivity index (χ2v) is 6.89. The molecule has 1 N–H and O–H groups in total. The highest BCUT2D eigenvalue weighted by molar-refractivity contribution is 5.94. The number of rotatable bonds is 6. The minimum Gasteiger partial charge on any atom is -0.497 e. The highest BCUT2D eigenvalue weighted by Crippen LogP contribution is 2.24. The minimum atomic E-state index is -0.157. The maximum absolute atomic E-state index is 12.4. The highest BCUT2D eigenvalue weighted by atomic mass is 16.5. The summed E-state index contributed by atoms with van der Waals surface area (Å²) in [6, 6.07) is 22.6. The average molecular weight is 399 g/mol. The van der Waals surface area contributed by atoms with Gasteiger partial charge in [0.15, 0.2) is 0 Å². The third-order valence-electron chi connectivity index (χ3n) is 4.67. The number of carbonyl (C=O) groups is 1. The summed E-state index contributed by atoms with van der Waals surface area (Å²) in [5, 5.41) is 11.2. The van der Waals surface area contributed by atoms with Gasteiger partial charge in [-0.25, -0.2) is 0 Å². The molecule has 0 spiro atoms. The number of methoxy groups -OCH3 is 1. The van der Waals surface area contributed by atoms with E-state index < -0.39 is 0 Å². The van der Waals surface area contributed by atoms with Gasteiger partial charge in [-0.15, -0.1) is 10.2 Å². The van der Waals surface area contributed by atoms with Crippen LogP contribution in [0.4, 0.5) is 0 Å². The van der Waals surface area contributed by atoms with E-state index in [1.807, 2.05) is 55.5 Å². The Hall–Kier alpha value is -3.93. The Balaban J connectivity index is 1.43. The molecule has 0 saturated heterocycles. The van der Waals surface area contributed by atoms with Crippen LogP contribution in [-0.2, 0) is 6.54 Å². The van der Waals surface area contributed by atoms with Gasteiger partial charge in [0, 0.05) is 23.2 Å². The zero-order valence-corrected chi connectivity index (χ0v) is 16.8. The number of amides is 1. The largest absolute Gasteiger partial charge is 0.497 e. The zero-order chi connectivity index (χ0) is 20.9. The first-order valence-electron chi connectivity index (χ1n) is 9.54. The maximum atomic E-state index is 12.4. The van der Waals surface area contributed by atoms with Gasteiger partial charge in [0.1, 0.15) is 5.75 Å². The summed E-state index contributed by atoms with van der Waals surface area (Å²) < 4.78 is 11.0. The number of nitrogens with one attached hydrogen (secondary N) is 1. The van der Waals surface area contributed by atoms with Gasteiger partial charge in [-0.1, -0.05) is 29.8 Å². The second-order valence-electron chi connectivity index (χ2n) is 6.89. The van der Waals surface area contributed by atoms with Crippen molar-refractivity contribution < 1.29 is 13.9 Å². The van der Waals surface area contributed by atoms with E-state index in [-0.39, 0.29) is 5.91 Å². The zero-order valence-electron chi connectivity index (χ0n) is 16.8. The summed E-state index contributed by atoms with van der Waals surface area (Å²) >= 11 is 0. The molecule has 0 fully saturated rings. The fourth-order valence-corrected chi connectivity index (χ4v) is 3.07. The van der Waals surface area contributed by atoms with Crippen LogP contribution < -0.4 is 10.1 Å². The van der Waals surface area contributed by atoms with E-state index in [2.05, 4.69) is 15.5 Å². The van der Waals surface area contributed by atoms with Crippen LogP contribution in [0.5, 0.6) is 5.75 Å². The molecule has 0 saturated carbocycles. The fourth-order valence-electron chi connectivity index (χ4n) is 3.07. The topological polar surface area (TPSA) is 77.2 Å². The monoisotopic (exact) mass is 399 g/mol. The van der Waals surface area contributed by atoms with Gasteiger partial charge in [0.05, 0.1) is 7.11 Å². The number of hydrogen-bond donors (Lipinski definition) is 1. The number of ether oxygens (including phenoxy) is 1. The Kier molecular flexibility index (Phi) is 5.57. The van der Waals surface area contributed by atoms with Crippen LogP contribution in [0.1, 0.15) is 21.5 Å². The van der Waals surface area contributed by atoms with Gasteiger partial charge in [0.25, 0.3) is 5.91 Å². The predicted molar refractivity (Wildman–Crippen MR) is 114 cm³/mol. The van der Waals surface area contributed by atoms with Gasteiger partial charge in [-0.2, -0.15) is 0 Å². The minimum absolute atomic E-state index is 0.157. The molecule has 6 nitrogen and oxygen atoms in total. The van der Waals surface area contributed by atoms with Crippen molar-refractivity contribution in [1.82, 2.24) is 15.5 Å². The molecule has 1 amide bonds. The standard InChI is InChI=1S/C24H21N3O3/c1-16-5-3-7-20(13-16)24-27-26-23(30-24)19-11-9-18(10-12-19)22(28)25-15-17-6-4-8-21(14-17)29-2/h3-14H,15H2,1-2H3,(H,25,28). The third-order valence-corrected chi connectivity index (χ3v) is 4.67. The molecule has 4 rings (SSSR count). The Morgan fingerprint density at radius 3 is 2.40 bits per heavy atom. The van der Waals surface area contributed by atoms with Crippen LogP contribution in [-0.4, -0.2) is 23.2 Å². The van der Waals surface area contributed by atoms with E-state index in [9.17, 15) is 4.79 Å². The molecule has 0 aliphatic carbocycles. The number of nitrogens with zero attached hydrogens (tertiary/aromatic N) is 2. The van der Waals surface area contributed by atoms with Crippen molar-refractivity contribution in [2.75, 3.05) is 7.11 Å². The van der Waals surface area contributed by atoms with Gasteiger partial charge in [-0.05, 0) is 61.0 Å². The lowest BCUT2D eigenvalue weighted by Gasteiger charge is -2.07. The maximum Gasteiger partial charge on any atom is 0.251 e. The number of benzene rings is 3. The van der Waals surface area contributed by atoms with Crippen LogP contribution in [0.25, 0.3) is 22.9 Å². The lowest BCUT2D eigenvalue weighted by Crippen LogP contribution is -2.22. The van der Waals surface area contributed by atoms with Crippen LogP contribution in [0.15, 0.2) is 77.2 Å². The van der Waals surface area contributed by atoms with Crippen molar-refractivity contribution in [2.24, 2.45) is 0 Å². The number of aromatic nitrogens is 2. The summed E-state index contributed by atoms with van der Waals surface area (Å²) in [7, 11) is 1.62. The second kappa shape index (κ2) is 8.61. The van der Waals surface area contributed by atoms with Gasteiger partial charge in [0.2, 0.25) is 11.8 Å².